The number of benzene rings is 1. The Labute approximate surface area is 103 Å². The third-order valence-corrected chi connectivity index (χ3v) is 2.69. The number of carbonyl (C=O) groups excluding carboxylic acids is 1. The first-order valence-electron chi connectivity index (χ1n) is 5.47. The Hall–Kier alpha value is -2.10. The molecule has 0 spiro atoms. The lowest BCUT2D eigenvalue weighted by molar-refractivity contribution is 0.0983. The Balaban J connectivity index is 2.31. The second-order valence-electron chi connectivity index (χ2n) is 3.96. The molecule has 1 aromatic heterocycles. The zero-order chi connectivity index (χ0) is 13.1. The van der Waals surface area contributed by atoms with Crippen molar-refractivity contribution < 1.29 is 13.6 Å². The van der Waals surface area contributed by atoms with Crippen LogP contribution in [-0.4, -0.2) is 10.8 Å². The monoisotopic (exact) mass is 247 g/mol. The molecule has 92 valence electrons. The lowest BCUT2D eigenvalue weighted by Crippen LogP contribution is -2.10. The SMILES string of the molecule is Cc1cccnc1CC(=O)c1c(F)cccc1F. The second kappa shape index (κ2) is 5.04. The molecule has 0 saturated heterocycles. The van der Waals surface area contributed by atoms with Crippen molar-refractivity contribution in [2.75, 3.05) is 0 Å². The van der Waals surface area contributed by atoms with Gasteiger partial charge in [0.25, 0.3) is 0 Å². The molecular weight excluding hydrogens is 236 g/mol. The van der Waals surface area contributed by atoms with Gasteiger partial charge in [0.15, 0.2) is 5.78 Å². The first-order valence-corrected chi connectivity index (χ1v) is 5.47. The van der Waals surface area contributed by atoms with Crippen LogP contribution < -0.4 is 0 Å². The minimum atomic E-state index is -0.839. The van der Waals surface area contributed by atoms with E-state index < -0.39 is 23.0 Å². The highest BCUT2D eigenvalue weighted by Gasteiger charge is 2.18. The molecule has 18 heavy (non-hydrogen) atoms. The standard InChI is InChI=1S/C14H11F2NO/c1-9-4-3-7-17-12(9)8-13(18)14-10(15)5-2-6-11(14)16/h2-7H,8H2,1H3. The van der Waals surface area contributed by atoms with Crippen LogP contribution in [0.5, 0.6) is 0 Å². The largest absolute Gasteiger partial charge is 0.294 e. The molecule has 0 aliphatic heterocycles. The van der Waals surface area contributed by atoms with Gasteiger partial charge in [0.05, 0.1) is 17.7 Å². The Bertz CT molecular complexity index is 576. The van der Waals surface area contributed by atoms with E-state index in [1.807, 2.05) is 0 Å². The highest BCUT2D eigenvalue weighted by molar-refractivity contribution is 5.97. The number of hydrogen-bond acceptors (Lipinski definition) is 2. The summed E-state index contributed by atoms with van der Waals surface area (Å²) < 4.78 is 26.8. The van der Waals surface area contributed by atoms with E-state index in [0.29, 0.717) is 5.69 Å². The van der Waals surface area contributed by atoms with Crippen LogP contribution in [0.4, 0.5) is 8.78 Å². The number of pyridine rings is 1. The van der Waals surface area contributed by atoms with E-state index in [1.54, 1.807) is 25.3 Å². The first-order chi connectivity index (χ1) is 8.59. The molecule has 1 heterocycles. The molecule has 0 amide bonds. The number of ketones is 1. The van der Waals surface area contributed by atoms with Crippen LogP contribution in [0.3, 0.4) is 0 Å². The molecule has 2 aromatic rings. The predicted octanol–water partition coefficient (Wildman–Crippen LogP) is 3.09. The summed E-state index contributed by atoms with van der Waals surface area (Å²) in [6, 6.07) is 6.91. The number of Topliss-reactive ketones (excluding diaryl/α,β-unsaturated/α-hetero) is 1. The van der Waals surface area contributed by atoms with Crippen LogP contribution in [0, 0.1) is 18.6 Å². The lowest BCUT2D eigenvalue weighted by Gasteiger charge is -2.05. The summed E-state index contributed by atoms with van der Waals surface area (Å²) in [6.45, 7) is 1.80. The Kier molecular flexibility index (Phi) is 3.46. The maximum absolute atomic E-state index is 13.4. The van der Waals surface area contributed by atoms with Gasteiger partial charge in [0, 0.05) is 6.20 Å². The number of aromatic nitrogens is 1. The van der Waals surface area contributed by atoms with Gasteiger partial charge in [-0.05, 0) is 30.7 Å². The lowest BCUT2D eigenvalue weighted by atomic mass is 10.0. The summed E-state index contributed by atoms with van der Waals surface area (Å²) in [7, 11) is 0. The van der Waals surface area contributed by atoms with Gasteiger partial charge in [-0.1, -0.05) is 12.1 Å². The van der Waals surface area contributed by atoms with Gasteiger partial charge in [-0.2, -0.15) is 0 Å². The molecule has 0 aliphatic rings. The summed E-state index contributed by atoms with van der Waals surface area (Å²) >= 11 is 0. The van der Waals surface area contributed by atoms with E-state index in [-0.39, 0.29) is 6.42 Å². The van der Waals surface area contributed by atoms with E-state index in [1.165, 1.54) is 6.07 Å². The Morgan fingerprint density at radius 3 is 2.44 bits per heavy atom. The molecule has 0 radical (unpaired) electrons. The third kappa shape index (κ3) is 2.42. The van der Waals surface area contributed by atoms with Gasteiger partial charge >= 0.3 is 0 Å². The number of halogens is 2. The summed E-state index contributed by atoms with van der Waals surface area (Å²) in [6.07, 6.45) is 1.44. The molecule has 0 unspecified atom stereocenters. The molecular formula is C14H11F2NO. The third-order valence-electron chi connectivity index (χ3n) is 2.69. The fourth-order valence-corrected chi connectivity index (χ4v) is 1.71. The smallest absolute Gasteiger partial charge is 0.174 e. The molecule has 0 fully saturated rings. The fourth-order valence-electron chi connectivity index (χ4n) is 1.71. The van der Waals surface area contributed by atoms with Crippen molar-refractivity contribution in [3.8, 4) is 0 Å². The zero-order valence-corrected chi connectivity index (χ0v) is 9.78. The van der Waals surface area contributed by atoms with Gasteiger partial charge in [-0.15, -0.1) is 0 Å². The first kappa shape index (κ1) is 12.4. The number of hydrogen-bond donors (Lipinski definition) is 0. The highest BCUT2D eigenvalue weighted by atomic mass is 19.1. The van der Waals surface area contributed by atoms with Gasteiger partial charge in [0.1, 0.15) is 11.6 Å². The number of aryl methyl sites for hydroxylation is 1. The molecule has 0 aliphatic carbocycles. The highest BCUT2D eigenvalue weighted by Crippen LogP contribution is 2.15. The van der Waals surface area contributed by atoms with E-state index >= 15 is 0 Å². The average Bonchev–Trinajstić information content (AvgIpc) is 2.32. The van der Waals surface area contributed by atoms with Crippen molar-refractivity contribution in [1.29, 1.82) is 0 Å². The van der Waals surface area contributed by atoms with Crippen LogP contribution in [0.2, 0.25) is 0 Å². The molecule has 4 heteroatoms. The molecule has 0 atom stereocenters. The van der Waals surface area contributed by atoms with Gasteiger partial charge in [0.2, 0.25) is 0 Å². The van der Waals surface area contributed by atoms with Gasteiger partial charge < -0.3 is 0 Å². The predicted molar refractivity (Wildman–Crippen MR) is 63.4 cm³/mol. The van der Waals surface area contributed by atoms with E-state index in [9.17, 15) is 13.6 Å². The van der Waals surface area contributed by atoms with Crippen molar-refractivity contribution in [3.05, 3.63) is 65.0 Å². The Morgan fingerprint density at radius 1 is 1.17 bits per heavy atom. The zero-order valence-electron chi connectivity index (χ0n) is 9.78. The maximum Gasteiger partial charge on any atom is 0.174 e. The molecule has 0 N–H and O–H groups in total. The minimum Gasteiger partial charge on any atom is -0.294 e. The van der Waals surface area contributed by atoms with Crippen molar-refractivity contribution in [3.63, 3.8) is 0 Å². The van der Waals surface area contributed by atoms with Crippen LogP contribution in [0.15, 0.2) is 36.5 Å². The summed E-state index contributed by atoms with van der Waals surface area (Å²) in [4.78, 5) is 15.9. The van der Waals surface area contributed by atoms with Gasteiger partial charge in [-0.3, -0.25) is 9.78 Å². The van der Waals surface area contributed by atoms with Gasteiger partial charge in [-0.25, -0.2) is 8.78 Å². The van der Waals surface area contributed by atoms with Crippen molar-refractivity contribution in [2.45, 2.75) is 13.3 Å². The fraction of sp³-hybridized carbons (Fsp3) is 0.143. The van der Waals surface area contributed by atoms with Crippen LogP contribution in [-0.2, 0) is 6.42 Å². The number of carbonyl (C=O) groups is 1. The minimum absolute atomic E-state index is 0.107. The quantitative estimate of drug-likeness (QED) is 0.780. The normalized spacial score (nSPS) is 10.4. The summed E-state index contributed by atoms with van der Waals surface area (Å²) in [5, 5.41) is 0. The van der Waals surface area contributed by atoms with Crippen molar-refractivity contribution >= 4 is 5.78 Å². The average molecular weight is 247 g/mol. The molecule has 0 saturated carbocycles. The Morgan fingerprint density at radius 2 is 1.83 bits per heavy atom. The molecule has 0 bridgehead atoms. The van der Waals surface area contributed by atoms with E-state index in [4.69, 9.17) is 0 Å². The molecule has 2 rings (SSSR count). The topological polar surface area (TPSA) is 30.0 Å². The molecule has 1 aromatic carbocycles. The summed E-state index contributed by atoms with van der Waals surface area (Å²) in [5.41, 5.74) is 0.857. The number of nitrogens with zero attached hydrogens (tertiary/aromatic N) is 1. The van der Waals surface area contributed by atoms with Crippen LogP contribution >= 0.6 is 0 Å². The van der Waals surface area contributed by atoms with Crippen LogP contribution in [0.25, 0.3) is 0 Å². The summed E-state index contributed by atoms with van der Waals surface area (Å²) in [5.74, 6) is -2.28. The number of rotatable bonds is 3. The van der Waals surface area contributed by atoms with Crippen molar-refractivity contribution in [1.82, 2.24) is 4.98 Å². The maximum atomic E-state index is 13.4. The molecule has 2 nitrogen and oxygen atoms in total. The van der Waals surface area contributed by atoms with Crippen molar-refractivity contribution in [2.24, 2.45) is 0 Å². The second-order valence-corrected chi connectivity index (χ2v) is 3.96. The van der Waals surface area contributed by atoms with Crippen LogP contribution in [0.1, 0.15) is 21.6 Å². The van der Waals surface area contributed by atoms with E-state index in [2.05, 4.69) is 4.98 Å². The van der Waals surface area contributed by atoms with E-state index in [0.717, 1.165) is 17.7 Å².